The molecule has 1 N–H and O–H groups in total. The van der Waals surface area contributed by atoms with Crippen LogP contribution in [0.4, 0.5) is 8.78 Å². The Morgan fingerprint density at radius 3 is 2.50 bits per heavy atom. The summed E-state index contributed by atoms with van der Waals surface area (Å²) in [7, 11) is 1.18. The summed E-state index contributed by atoms with van der Waals surface area (Å²) in [5.41, 5.74) is 0. The Kier molecular flexibility index (Phi) is 4.91. The highest BCUT2D eigenvalue weighted by atomic mass is 19.3. The van der Waals surface area contributed by atoms with E-state index in [1.54, 1.807) is 0 Å². The molecule has 0 aromatic rings. The summed E-state index contributed by atoms with van der Waals surface area (Å²) in [6.45, 7) is -0.129. The molecular formula is C6H9F2NO3. The monoisotopic (exact) mass is 181 g/mol. The van der Waals surface area contributed by atoms with E-state index in [9.17, 15) is 18.4 Å². The molecule has 6 heteroatoms. The van der Waals surface area contributed by atoms with Gasteiger partial charge in [-0.05, 0) is 0 Å². The third-order valence-corrected chi connectivity index (χ3v) is 1.05. The number of esters is 1. The van der Waals surface area contributed by atoms with Gasteiger partial charge in [0.25, 0.3) is 5.91 Å². The summed E-state index contributed by atoms with van der Waals surface area (Å²) < 4.78 is 27.2. The second-order valence-corrected chi connectivity index (χ2v) is 1.92. The van der Waals surface area contributed by atoms with Crippen molar-refractivity contribution in [1.82, 2.24) is 5.32 Å². The molecule has 0 saturated heterocycles. The van der Waals surface area contributed by atoms with Crippen molar-refractivity contribution in [3.05, 3.63) is 0 Å². The van der Waals surface area contributed by atoms with Crippen LogP contribution in [0.25, 0.3) is 0 Å². The van der Waals surface area contributed by atoms with Gasteiger partial charge in [-0.1, -0.05) is 0 Å². The van der Waals surface area contributed by atoms with Crippen molar-refractivity contribution in [2.45, 2.75) is 12.8 Å². The average Bonchev–Trinajstić information content (AvgIpc) is 2.03. The lowest BCUT2D eigenvalue weighted by molar-refractivity contribution is -0.140. The van der Waals surface area contributed by atoms with E-state index in [0.717, 1.165) is 0 Å². The van der Waals surface area contributed by atoms with E-state index in [2.05, 4.69) is 4.74 Å². The Labute approximate surface area is 67.9 Å². The molecule has 0 atom stereocenters. The van der Waals surface area contributed by atoms with Crippen LogP contribution in [0.3, 0.4) is 0 Å². The first kappa shape index (κ1) is 10.8. The predicted octanol–water partition coefficient (Wildman–Crippen LogP) is -0.0692. The van der Waals surface area contributed by atoms with Crippen molar-refractivity contribution in [2.24, 2.45) is 0 Å². The third-order valence-electron chi connectivity index (χ3n) is 1.05. The number of rotatable bonds is 4. The Bertz CT molecular complexity index is 172. The molecule has 0 radical (unpaired) electrons. The van der Waals surface area contributed by atoms with Gasteiger partial charge in [0.15, 0.2) is 0 Å². The molecule has 0 aliphatic rings. The van der Waals surface area contributed by atoms with Gasteiger partial charge in [0.1, 0.15) is 0 Å². The maximum absolute atomic E-state index is 11.5. The zero-order valence-corrected chi connectivity index (χ0v) is 6.47. The van der Waals surface area contributed by atoms with Crippen molar-refractivity contribution in [3.63, 3.8) is 0 Å². The fourth-order valence-corrected chi connectivity index (χ4v) is 0.467. The van der Waals surface area contributed by atoms with Crippen LogP contribution < -0.4 is 5.32 Å². The number of methoxy groups -OCH3 is 1. The lowest BCUT2D eigenvalue weighted by Gasteiger charge is -2.02. The molecule has 0 spiro atoms. The zero-order chi connectivity index (χ0) is 9.56. The van der Waals surface area contributed by atoms with Crippen molar-refractivity contribution >= 4 is 11.9 Å². The van der Waals surface area contributed by atoms with Gasteiger partial charge in [0.05, 0.1) is 13.5 Å². The maximum Gasteiger partial charge on any atom is 0.315 e. The summed E-state index contributed by atoms with van der Waals surface area (Å²) in [5, 5.41) is 1.86. The number of ether oxygens (including phenoxy) is 1. The first-order valence-corrected chi connectivity index (χ1v) is 3.20. The molecule has 70 valence electrons. The maximum atomic E-state index is 11.5. The van der Waals surface area contributed by atoms with Crippen LogP contribution in [0, 0.1) is 0 Å². The van der Waals surface area contributed by atoms with E-state index in [4.69, 9.17) is 0 Å². The Hall–Kier alpha value is -1.20. The lowest BCUT2D eigenvalue weighted by atomic mass is 10.4. The topological polar surface area (TPSA) is 55.4 Å². The minimum atomic E-state index is -3.04. The molecule has 0 aromatic carbocycles. The van der Waals surface area contributed by atoms with Crippen LogP contribution in [-0.4, -0.2) is 32.0 Å². The molecule has 0 heterocycles. The van der Waals surface area contributed by atoms with Crippen LogP contribution in [0.1, 0.15) is 6.42 Å². The molecule has 4 nitrogen and oxygen atoms in total. The minimum absolute atomic E-state index is 0.102. The number of nitrogens with one attached hydrogen (secondary N) is 1. The van der Waals surface area contributed by atoms with Crippen molar-refractivity contribution in [3.8, 4) is 0 Å². The number of alkyl halides is 2. The summed E-state index contributed by atoms with van der Waals surface area (Å²) >= 11 is 0. The SMILES string of the molecule is COC(=O)CCNC(=O)C(F)F. The Balaban J connectivity index is 3.44. The van der Waals surface area contributed by atoms with E-state index in [-0.39, 0.29) is 13.0 Å². The fourth-order valence-electron chi connectivity index (χ4n) is 0.467. The van der Waals surface area contributed by atoms with Gasteiger partial charge in [-0.25, -0.2) is 0 Å². The number of hydrogen-bond acceptors (Lipinski definition) is 3. The second kappa shape index (κ2) is 5.45. The minimum Gasteiger partial charge on any atom is -0.469 e. The molecule has 0 bridgehead atoms. The van der Waals surface area contributed by atoms with Crippen molar-refractivity contribution < 1.29 is 23.1 Å². The molecular weight excluding hydrogens is 172 g/mol. The molecule has 0 fully saturated rings. The van der Waals surface area contributed by atoms with Gasteiger partial charge in [-0.15, -0.1) is 0 Å². The van der Waals surface area contributed by atoms with E-state index in [1.807, 2.05) is 5.32 Å². The normalized spacial score (nSPS) is 9.67. The van der Waals surface area contributed by atoms with Gasteiger partial charge < -0.3 is 10.1 Å². The van der Waals surface area contributed by atoms with Crippen LogP contribution in [-0.2, 0) is 14.3 Å². The van der Waals surface area contributed by atoms with Gasteiger partial charge in [0.2, 0.25) is 0 Å². The smallest absolute Gasteiger partial charge is 0.315 e. The predicted molar refractivity (Wildman–Crippen MR) is 35.6 cm³/mol. The molecule has 0 aliphatic heterocycles. The summed E-state index contributed by atoms with van der Waals surface area (Å²) in [5.74, 6) is -1.93. The number of amides is 1. The number of hydrogen-bond donors (Lipinski definition) is 1. The number of carbonyl (C=O) groups is 2. The standard InChI is InChI=1S/C6H9F2NO3/c1-12-4(10)2-3-9-6(11)5(7)8/h5H,2-3H2,1H3,(H,9,11). The lowest BCUT2D eigenvalue weighted by Crippen LogP contribution is -2.31. The van der Waals surface area contributed by atoms with Crippen LogP contribution >= 0.6 is 0 Å². The van der Waals surface area contributed by atoms with Gasteiger partial charge >= 0.3 is 12.4 Å². The third kappa shape index (κ3) is 4.59. The van der Waals surface area contributed by atoms with E-state index in [1.165, 1.54) is 7.11 Å². The summed E-state index contributed by atoms with van der Waals surface area (Å²) in [6.07, 6.45) is -3.14. The molecule has 12 heavy (non-hydrogen) atoms. The van der Waals surface area contributed by atoms with Crippen LogP contribution in [0.5, 0.6) is 0 Å². The molecule has 0 rings (SSSR count). The van der Waals surface area contributed by atoms with Crippen LogP contribution in [0.2, 0.25) is 0 Å². The van der Waals surface area contributed by atoms with Gasteiger partial charge in [-0.3, -0.25) is 9.59 Å². The highest BCUT2D eigenvalue weighted by Gasteiger charge is 2.14. The van der Waals surface area contributed by atoms with Crippen LogP contribution in [0.15, 0.2) is 0 Å². The molecule has 0 unspecified atom stereocenters. The summed E-state index contributed by atoms with van der Waals surface area (Å²) in [4.78, 5) is 20.6. The second-order valence-electron chi connectivity index (χ2n) is 1.92. The number of carbonyl (C=O) groups excluding carboxylic acids is 2. The first-order valence-electron chi connectivity index (χ1n) is 3.20. The fraction of sp³-hybridized carbons (Fsp3) is 0.667. The van der Waals surface area contributed by atoms with E-state index < -0.39 is 18.3 Å². The first-order chi connectivity index (χ1) is 5.57. The molecule has 0 aliphatic carbocycles. The van der Waals surface area contributed by atoms with Gasteiger partial charge in [-0.2, -0.15) is 8.78 Å². The van der Waals surface area contributed by atoms with E-state index >= 15 is 0 Å². The van der Waals surface area contributed by atoms with Crippen molar-refractivity contribution in [1.29, 1.82) is 0 Å². The quantitative estimate of drug-likeness (QED) is 0.617. The highest BCUT2D eigenvalue weighted by molar-refractivity contribution is 5.79. The number of halogens is 2. The Morgan fingerprint density at radius 1 is 1.50 bits per heavy atom. The van der Waals surface area contributed by atoms with Crippen molar-refractivity contribution in [2.75, 3.05) is 13.7 Å². The molecule has 0 aromatic heterocycles. The van der Waals surface area contributed by atoms with E-state index in [0.29, 0.717) is 0 Å². The molecule has 1 amide bonds. The summed E-state index contributed by atoms with van der Waals surface area (Å²) in [6, 6.07) is 0. The average molecular weight is 181 g/mol. The van der Waals surface area contributed by atoms with Gasteiger partial charge in [0, 0.05) is 6.54 Å². The Morgan fingerprint density at radius 2 is 2.08 bits per heavy atom. The highest BCUT2D eigenvalue weighted by Crippen LogP contribution is 1.90. The zero-order valence-electron chi connectivity index (χ0n) is 6.47. The largest absolute Gasteiger partial charge is 0.469 e. The molecule has 0 saturated carbocycles.